The third-order valence-electron chi connectivity index (χ3n) is 5.25. The van der Waals surface area contributed by atoms with E-state index < -0.39 is 0 Å². The molecule has 0 fully saturated rings. The van der Waals surface area contributed by atoms with Gasteiger partial charge in [-0.1, -0.05) is 50.6 Å². The van der Waals surface area contributed by atoms with Crippen LogP contribution in [0.5, 0.6) is 0 Å². The van der Waals surface area contributed by atoms with E-state index in [2.05, 4.69) is 82.3 Å². The van der Waals surface area contributed by atoms with E-state index in [0.717, 1.165) is 5.75 Å². The van der Waals surface area contributed by atoms with E-state index in [1.807, 2.05) is 11.8 Å². The Hall–Kier alpha value is -0.488. The van der Waals surface area contributed by atoms with Gasteiger partial charge in [-0.25, -0.2) is 0 Å². The summed E-state index contributed by atoms with van der Waals surface area (Å²) < 4.78 is 0. The van der Waals surface area contributed by atoms with Crippen LogP contribution in [0.4, 0.5) is 0 Å². The number of benzene rings is 1. The number of allylic oxidation sites excluding steroid dienone is 8. The molecule has 0 bridgehead atoms. The summed E-state index contributed by atoms with van der Waals surface area (Å²) in [6, 6.07) is 10.7. The summed E-state index contributed by atoms with van der Waals surface area (Å²) in [5, 5.41) is 0. The minimum Gasteiger partial charge on any atom is -1.00 e. The van der Waals surface area contributed by atoms with E-state index in [1.54, 1.807) is 5.57 Å². The molecule has 0 saturated carbocycles. The first kappa shape index (κ1) is 25.5. The average Bonchev–Trinajstić information content (AvgIpc) is 2.78. The minimum atomic E-state index is 0. The van der Waals surface area contributed by atoms with E-state index in [1.165, 1.54) is 27.5 Å². The first-order valence-corrected chi connectivity index (χ1v) is 9.36. The Morgan fingerprint density at radius 1 is 0.962 bits per heavy atom. The fourth-order valence-corrected chi connectivity index (χ4v) is 4.56. The molecular weight excluding hydrogens is 419 g/mol. The number of hydrogen-bond acceptors (Lipinski definition) is 1. The van der Waals surface area contributed by atoms with Gasteiger partial charge in [-0.2, -0.15) is 12.2 Å². The summed E-state index contributed by atoms with van der Waals surface area (Å²) in [7, 11) is 0. The van der Waals surface area contributed by atoms with E-state index in [0.29, 0.717) is 11.8 Å². The molecule has 2 aliphatic carbocycles. The Morgan fingerprint density at radius 3 is 2.19 bits per heavy atom. The van der Waals surface area contributed by atoms with Crippen molar-refractivity contribution < 1.29 is 42.2 Å². The predicted molar refractivity (Wildman–Crippen MR) is 102 cm³/mol. The SMILES string of the molecule is CC1=C(C)C(C)C([C-]2C=CC=CC2CSc2ccccc2)=C1C.[Cl-].[Cl-].[Cr+3]. The van der Waals surface area contributed by atoms with Gasteiger partial charge in [0.1, 0.15) is 0 Å². The van der Waals surface area contributed by atoms with Gasteiger partial charge in [-0.3, -0.25) is 0 Å². The van der Waals surface area contributed by atoms with Crippen LogP contribution in [0.2, 0.25) is 0 Å². The van der Waals surface area contributed by atoms with Crippen molar-refractivity contribution >= 4 is 11.8 Å². The van der Waals surface area contributed by atoms with Crippen molar-refractivity contribution in [2.45, 2.75) is 32.6 Å². The Morgan fingerprint density at radius 2 is 1.62 bits per heavy atom. The van der Waals surface area contributed by atoms with Gasteiger partial charge in [0.2, 0.25) is 0 Å². The molecule has 26 heavy (non-hydrogen) atoms. The van der Waals surface area contributed by atoms with Gasteiger partial charge in [-0.15, -0.1) is 40.5 Å². The summed E-state index contributed by atoms with van der Waals surface area (Å²) in [6.45, 7) is 9.20. The molecule has 1 aromatic rings. The summed E-state index contributed by atoms with van der Waals surface area (Å²) in [5.74, 6) is 3.65. The van der Waals surface area contributed by atoms with Crippen molar-refractivity contribution in [3.05, 3.63) is 82.8 Å². The smallest absolute Gasteiger partial charge is 1.00 e. The van der Waals surface area contributed by atoms with Crippen molar-refractivity contribution in [1.82, 2.24) is 0 Å². The zero-order valence-electron chi connectivity index (χ0n) is 15.6. The molecule has 2 atom stereocenters. The van der Waals surface area contributed by atoms with E-state index in [9.17, 15) is 0 Å². The molecule has 0 heterocycles. The molecule has 3 rings (SSSR count). The second kappa shape index (κ2) is 11.4. The minimum absolute atomic E-state index is 0. The molecule has 0 saturated heterocycles. The van der Waals surface area contributed by atoms with Crippen molar-refractivity contribution in [2.75, 3.05) is 5.75 Å². The average molecular weight is 444 g/mol. The largest absolute Gasteiger partial charge is 3.00 e. The van der Waals surface area contributed by atoms with Gasteiger partial charge in [0.15, 0.2) is 0 Å². The number of rotatable bonds is 4. The van der Waals surface area contributed by atoms with Crippen LogP contribution in [0.25, 0.3) is 0 Å². The molecule has 2 aliphatic rings. The molecule has 0 aromatic heterocycles. The molecule has 0 spiro atoms. The van der Waals surface area contributed by atoms with Crippen LogP contribution in [-0.4, -0.2) is 5.75 Å². The van der Waals surface area contributed by atoms with Crippen LogP contribution in [0, 0.1) is 17.8 Å². The summed E-state index contributed by atoms with van der Waals surface area (Å²) in [6.07, 6.45) is 9.08. The van der Waals surface area contributed by atoms with E-state index in [-0.39, 0.29) is 42.2 Å². The fourth-order valence-electron chi connectivity index (χ4n) is 3.55. The van der Waals surface area contributed by atoms with Gasteiger partial charge < -0.3 is 24.8 Å². The number of halogens is 2. The van der Waals surface area contributed by atoms with Crippen molar-refractivity contribution in [3.63, 3.8) is 0 Å². The molecule has 139 valence electrons. The summed E-state index contributed by atoms with van der Waals surface area (Å²) in [5.41, 5.74) is 6.05. The third kappa shape index (κ3) is 5.28. The fraction of sp³-hybridized carbons (Fsp3) is 0.318. The van der Waals surface area contributed by atoms with Gasteiger partial charge in [-0.05, 0) is 36.6 Å². The third-order valence-corrected chi connectivity index (χ3v) is 6.39. The monoisotopic (exact) mass is 443 g/mol. The van der Waals surface area contributed by atoms with Crippen LogP contribution >= 0.6 is 11.8 Å². The molecule has 1 aromatic carbocycles. The summed E-state index contributed by atoms with van der Waals surface area (Å²) >= 11 is 1.95. The van der Waals surface area contributed by atoms with Crippen LogP contribution in [0.15, 0.2) is 81.8 Å². The Balaban J connectivity index is 0.00000208. The molecule has 0 aliphatic heterocycles. The molecular formula is C22H25Cl2CrS. The van der Waals surface area contributed by atoms with E-state index >= 15 is 0 Å². The quantitative estimate of drug-likeness (QED) is 0.479. The topological polar surface area (TPSA) is 0 Å². The number of hydrogen-bond donors (Lipinski definition) is 0. The maximum Gasteiger partial charge on any atom is 3.00 e. The molecule has 0 amide bonds. The van der Waals surface area contributed by atoms with Gasteiger partial charge >= 0.3 is 17.4 Å². The van der Waals surface area contributed by atoms with Gasteiger partial charge in [0.25, 0.3) is 0 Å². The Bertz CT molecular complexity index is 704. The first-order chi connectivity index (χ1) is 11.1. The van der Waals surface area contributed by atoms with Crippen molar-refractivity contribution in [3.8, 4) is 0 Å². The van der Waals surface area contributed by atoms with Gasteiger partial charge in [0, 0.05) is 4.90 Å². The first-order valence-electron chi connectivity index (χ1n) is 8.38. The normalized spacial score (nSPS) is 21.3. The Kier molecular flexibility index (Phi) is 11.2. The second-order valence-corrected chi connectivity index (χ2v) is 7.59. The number of thioether (sulfide) groups is 1. The standard InChI is InChI=1S/C22H25S.2ClH.Cr/c1-15-16(2)18(4)22(17(15)3)21-13-9-8-10-19(21)14-23-20-11-6-5-7-12-20;;;/h5-13,17,19H,14H2,1-4H3;2*1H;/q-1;;;+3/p-2. The zero-order valence-corrected chi connectivity index (χ0v) is 19.2. The van der Waals surface area contributed by atoms with Crippen LogP contribution in [-0.2, 0) is 17.4 Å². The van der Waals surface area contributed by atoms with Crippen LogP contribution in [0.1, 0.15) is 27.7 Å². The Labute approximate surface area is 186 Å². The van der Waals surface area contributed by atoms with Gasteiger partial charge in [0.05, 0.1) is 0 Å². The maximum absolute atomic E-state index is 2.36. The maximum atomic E-state index is 2.36. The van der Waals surface area contributed by atoms with Crippen molar-refractivity contribution in [2.24, 2.45) is 11.8 Å². The zero-order chi connectivity index (χ0) is 16.4. The molecule has 4 heteroatoms. The molecule has 2 unspecified atom stereocenters. The predicted octanol–water partition coefficient (Wildman–Crippen LogP) is 0.403. The van der Waals surface area contributed by atoms with E-state index in [4.69, 9.17) is 0 Å². The second-order valence-electron chi connectivity index (χ2n) is 6.50. The van der Waals surface area contributed by atoms with Crippen molar-refractivity contribution in [1.29, 1.82) is 0 Å². The van der Waals surface area contributed by atoms with Crippen LogP contribution in [0.3, 0.4) is 0 Å². The van der Waals surface area contributed by atoms with Crippen LogP contribution < -0.4 is 24.8 Å². The summed E-state index contributed by atoms with van der Waals surface area (Å²) in [4.78, 5) is 1.35. The molecule has 1 radical (unpaired) electrons. The molecule has 0 nitrogen and oxygen atoms in total. The molecule has 0 N–H and O–H groups in total.